The first-order valence-corrected chi connectivity index (χ1v) is 7.28. The molecule has 114 valence electrons. The maximum atomic E-state index is 11.9. The first kappa shape index (κ1) is 15.5. The van der Waals surface area contributed by atoms with Crippen LogP contribution in [0, 0.1) is 11.8 Å². The molecule has 0 saturated heterocycles. The molecule has 2 rings (SSSR count). The molecule has 1 aromatic carbocycles. The predicted octanol–water partition coefficient (Wildman–Crippen LogP) is 1.95. The van der Waals surface area contributed by atoms with Crippen LogP contribution < -0.4 is 5.32 Å². The Bertz CT molecular complexity index is 515. The number of hydrogen-bond acceptors (Lipinski definition) is 3. The van der Waals surface area contributed by atoms with Crippen LogP contribution >= 0.6 is 0 Å². The molecule has 21 heavy (non-hydrogen) atoms. The van der Waals surface area contributed by atoms with Gasteiger partial charge in [0.1, 0.15) is 0 Å². The number of amides is 1. The van der Waals surface area contributed by atoms with E-state index in [0.29, 0.717) is 26.2 Å². The number of nitrogens with one attached hydrogen (secondary N) is 1. The first-order valence-electron chi connectivity index (χ1n) is 7.28. The van der Waals surface area contributed by atoms with E-state index in [9.17, 15) is 9.59 Å². The second-order valence-corrected chi connectivity index (χ2v) is 5.33. The minimum Gasteiger partial charge on any atom is -0.481 e. The van der Waals surface area contributed by atoms with E-state index in [0.717, 1.165) is 17.5 Å². The van der Waals surface area contributed by atoms with Crippen LogP contribution in [0.1, 0.15) is 30.9 Å². The van der Waals surface area contributed by atoms with Crippen LogP contribution in [-0.2, 0) is 27.5 Å². The number of hydrogen-bond donors (Lipinski definition) is 2. The molecule has 1 aliphatic rings. The Hall–Kier alpha value is -1.88. The topological polar surface area (TPSA) is 75.6 Å². The van der Waals surface area contributed by atoms with Crippen molar-refractivity contribution in [3.8, 4) is 0 Å². The highest BCUT2D eigenvalue weighted by Gasteiger charge is 2.48. The van der Waals surface area contributed by atoms with Gasteiger partial charge in [-0.1, -0.05) is 31.2 Å². The molecule has 0 aromatic heterocycles. The van der Waals surface area contributed by atoms with Crippen LogP contribution in [0.3, 0.4) is 0 Å². The molecule has 5 nitrogen and oxygen atoms in total. The summed E-state index contributed by atoms with van der Waals surface area (Å²) in [6, 6.07) is 7.79. The highest BCUT2D eigenvalue weighted by molar-refractivity contribution is 5.89. The molecule has 1 saturated carbocycles. The zero-order valence-electron chi connectivity index (χ0n) is 12.2. The van der Waals surface area contributed by atoms with E-state index in [4.69, 9.17) is 9.84 Å². The van der Waals surface area contributed by atoms with Gasteiger partial charge in [-0.2, -0.15) is 0 Å². The number of carbonyl (C=O) groups excluding carboxylic acids is 1. The van der Waals surface area contributed by atoms with Crippen molar-refractivity contribution in [1.29, 1.82) is 0 Å². The molecule has 0 heterocycles. The molecule has 0 bridgehead atoms. The Morgan fingerprint density at radius 1 is 1.29 bits per heavy atom. The predicted molar refractivity (Wildman–Crippen MR) is 77.5 cm³/mol. The molecule has 0 aliphatic heterocycles. The van der Waals surface area contributed by atoms with Crippen molar-refractivity contribution >= 4 is 11.9 Å². The van der Waals surface area contributed by atoms with E-state index in [1.54, 1.807) is 0 Å². The number of benzene rings is 1. The average Bonchev–Trinajstić information content (AvgIpc) is 3.27. The van der Waals surface area contributed by atoms with E-state index in [2.05, 4.69) is 12.2 Å². The Labute approximate surface area is 124 Å². The van der Waals surface area contributed by atoms with Gasteiger partial charge < -0.3 is 15.2 Å². The van der Waals surface area contributed by atoms with Gasteiger partial charge >= 0.3 is 5.97 Å². The molecule has 1 aliphatic carbocycles. The number of carboxylic acids is 1. The van der Waals surface area contributed by atoms with Crippen molar-refractivity contribution in [2.24, 2.45) is 11.8 Å². The fourth-order valence-electron chi connectivity index (χ4n) is 2.27. The smallest absolute Gasteiger partial charge is 0.307 e. The van der Waals surface area contributed by atoms with Gasteiger partial charge in [-0.05, 0) is 24.0 Å². The third-order valence-electron chi connectivity index (χ3n) is 3.62. The van der Waals surface area contributed by atoms with Crippen molar-refractivity contribution in [3.05, 3.63) is 35.4 Å². The normalized spacial score (nSPS) is 20.0. The van der Waals surface area contributed by atoms with E-state index in [-0.39, 0.29) is 11.8 Å². The maximum Gasteiger partial charge on any atom is 0.307 e. The van der Waals surface area contributed by atoms with Crippen molar-refractivity contribution in [2.45, 2.75) is 32.9 Å². The van der Waals surface area contributed by atoms with Crippen molar-refractivity contribution in [2.75, 3.05) is 6.61 Å². The Morgan fingerprint density at radius 2 is 2.00 bits per heavy atom. The van der Waals surface area contributed by atoms with Crippen LogP contribution in [0.2, 0.25) is 0 Å². The number of carbonyl (C=O) groups is 2. The van der Waals surface area contributed by atoms with E-state index < -0.39 is 11.9 Å². The van der Waals surface area contributed by atoms with Gasteiger partial charge in [0.2, 0.25) is 5.91 Å². The zero-order chi connectivity index (χ0) is 15.2. The molecule has 1 aromatic rings. The largest absolute Gasteiger partial charge is 0.481 e. The van der Waals surface area contributed by atoms with Gasteiger partial charge in [-0.3, -0.25) is 9.59 Å². The van der Waals surface area contributed by atoms with Crippen LogP contribution in [0.25, 0.3) is 0 Å². The van der Waals surface area contributed by atoms with Gasteiger partial charge in [-0.15, -0.1) is 0 Å². The molecular weight excluding hydrogens is 270 g/mol. The third-order valence-corrected chi connectivity index (χ3v) is 3.62. The first-order chi connectivity index (χ1) is 10.1. The zero-order valence-corrected chi connectivity index (χ0v) is 12.2. The summed E-state index contributed by atoms with van der Waals surface area (Å²) in [6.45, 7) is 3.71. The van der Waals surface area contributed by atoms with Crippen LogP contribution in [0.15, 0.2) is 24.3 Å². The van der Waals surface area contributed by atoms with Crippen molar-refractivity contribution in [1.82, 2.24) is 5.32 Å². The number of aliphatic carboxylic acids is 1. The van der Waals surface area contributed by atoms with Gasteiger partial charge in [0.25, 0.3) is 0 Å². The van der Waals surface area contributed by atoms with Crippen molar-refractivity contribution < 1.29 is 19.4 Å². The monoisotopic (exact) mass is 291 g/mol. The maximum absolute atomic E-state index is 11.9. The lowest BCUT2D eigenvalue weighted by Crippen LogP contribution is -2.26. The van der Waals surface area contributed by atoms with Gasteiger partial charge in [0.15, 0.2) is 0 Å². The van der Waals surface area contributed by atoms with Crippen LogP contribution in [0.5, 0.6) is 0 Å². The quantitative estimate of drug-likeness (QED) is 0.718. The number of rotatable bonds is 8. The van der Waals surface area contributed by atoms with Crippen molar-refractivity contribution in [3.63, 3.8) is 0 Å². The molecule has 0 unspecified atom stereocenters. The Morgan fingerprint density at radius 3 is 2.62 bits per heavy atom. The molecule has 5 heteroatoms. The third kappa shape index (κ3) is 4.29. The molecule has 1 amide bonds. The van der Waals surface area contributed by atoms with Crippen LogP contribution in [0.4, 0.5) is 0 Å². The highest BCUT2D eigenvalue weighted by Crippen LogP contribution is 2.38. The van der Waals surface area contributed by atoms with Gasteiger partial charge in [-0.25, -0.2) is 0 Å². The molecule has 2 N–H and O–H groups in total. The second kappa shape index (κ2) is 7.22. The number of ether oxygens (including phenoxy) is 1. The summed E-state index contributed by atoms with van der Waals surface area (Å²) in [4.78, 5) is 22.6. The lowest BCUT2D eigenvalue weighted by Gasteiger charge is -2.11. The lowest BCUT2D eigenvalue weighted by molar-refractivity contribution is -0.140. The summed E-state index contributed by atoms with van der Waals surface area (Å²) >= 11 is 0. The standard InChI is InChI=1S/C16H21NO4/c1-2-7-21-10-12-6-4-3-5-11(12)9-17-15(18)13-8-14(13)16(19)20/h3-6,13-14H,2,7-10H2,1H3,(H,17,18)(H,19,20)/t13-,14+/m1/s1. The van der Waals surface area contributed by atoms with E-state index in [1.807, 2.05) is 24.3 Å². The van der Waals surface area contributed by atoms with Crippen LogP contribution in [-0.4, -0.2) is 23.6 Å². The minimum atomic E-state index is -0.886. The summed E-state index contributed by atoms with van der Waals surface area (Å²) in [5.41, 5.74) is 2.06. The van der Waals surface area contributed by atoms with Gasteiger partial charge in [0, 0.05) is 13.2 Å². The molecule has 2 atom stereocenters. The highest BCUT2D eigenvalue weighted by atomic mass is 16.5. The molecule has 0 spiro atoms. The fraction of sp³-hybridized carbons (Fsp3) is 0.500. The average molecular weight is 291 g/mol. The van der Waals surface area contributed by atoms with Gasteiger partial charge in [0.05, 0.1) is 18.4 Å². The second-order valence-electron chi connectivity index (χ2n) is 5.33. The summed E-state index contributed by atoms with van der Waals surface area (Å²) in [5.74, 6) is -1.94. The van der Waals surface area contributed by atoms with E-state index in [1.165, 1.54) is 0 Å². The lowest BCUT2D eigenvalue weighted by atomic mass is 10.1. The summed E-state index contributed by atoms with van der Waals surface area (Å²) in [7, 11) is 0. The molecule has 0 radical (unpaired) electrons. The Kier molecular flexibility index (Phi) is 5.33. The van der Waals surface area contributed by atoms with E-state index >= 15 is 0 Å². The summed E-state index contributed by atoms with van der Waals surface area (Å²) in [5, 5.41) is 11.6. The minimum absolute atomic E-state index is 0.174. The Balaban J connectivity index is 1.85. The summed E-state index contributed by atoms with van der Waals surface area (Å²) < 4.78 is 5.53. The number of carboxylic acid groups (broad SMARTS) is 1. The fourth-order valence-corrected chi connectivity index (χ4v) is 2.27. The molecule has 1 fully saturated rings. The summed E-state index contributed by atoms with van der Waals surface area (Å²) in [6.07, 6.45) is 1.42. The SMILES string of the molecule is CCCOCc1ccccc1CNC(=O)[C@@H]1C[C@@H]1C(=O)O. The molecular formula is C16H21NO4.